The molecule has 3 heterocycles. The highest BCUT2D eigenvalue weighted by molar-refractivity contribution is 5.84. The molecular weight excluding hydrogens is 340 g/mol. The van der Waals surface area contributed by atoms with Crippen molar-refractivity contribution in [2.75, 3.05) is 39.4 Å². The number of piperazine rings is 1. The number of ether oxygens (including phenoxy) is 1. The first-order valence-corrected chi connectivity index (χ1v) is 9.90. The average Bonchev–Trinajstić information content (AvgIpc) is 2.98. The van der Waals surface area contributed by atoms with E-state index in [4.69, 9.17) is 4.74 Å². The van der Waals surface area contributed by atoms with E-state index in [1.807, 2.05) is 25.7 Å². The number of benzene rings is 1. The molecule has 27 heavy (non-hydrogen) atoms. The van der Waals surface area contributed by atoms with Crippen LogP contribution in [0, 0.1) is 0 Å². The Bertz CT molecular complexity index is 815. The Balaban J connectivity index is 1.31. The molecule has 1 amide bonds. The monoisotopic (exact) mass is 370 g/mol. The summed E-state index contributed by atoms with van der Waals surface area (Å²) in [7, 11) is 0. The predicted octanol–water partition coefficient (Wildman–Crippen LogP) is 3.04. The molecule has 1 aromatic heterocycles. The first-order valence-electron chi connectivity index (χ1n) is 9.90. The molecule has 0 unspecified atom stereocenters. The van der Waals surface area contributed by atoms with Crippen LogP contribution in [0.25, 0.3) is 10.9 Å². The molecule has 1 saturated heterocycles. The zero-order valence-corrected chi connectivity index (χ0v) is 16.6. The number of aromatic nitrogens is 1. The Hall–Kier alpha value is -2.05. The highest BCUT2D eigenvalue weighted by Crippen LogP contribution is 2.27. The van der Waals surface area contributed by atoms with Crippen LogP contribution in [0.4, 0.5) is 4.79 Å². The van der Waals surface area contributed by atoms with Gasteiger partial charge in [-0.2, -0.15) is 0 Å². The quantitative estimate of drug-likeness (QED) is 0.883. The highest BCUT2D eigenvalue weighted by Gasteiger charge is 2.27. The molecule has 0 bridgehead atoms. The summed E-state index contributed by atoms with van der Waals surface area (Å²) in [6.07, 6.45) is 0.903. The van der Waals surface area contributed by atoms with Crippen LogP contribution in [-0.4, -0.2) is 70.8 Å². The van der Waals surface area contributed by atoms with Gasteiger partial charge in [0.1, 0.15) is 5.60 Å². The predicted molar refractivity (Wildman–Crippen MR) is 107 cm³/mol. The maximum absolute atomic E-state index is 12.2. The van der Waals surface area contributed by atoms with Gasteiger partial charge in [-0.25, -0.2) is 4.79 Å². The second kappa shape index (κ2) is 7.17. The van der Waals surface area contributed by atoms with Crippen LogP contribution in [-0.2, 0) is 17.7 Å². The molecule has 4 rings (SSSR count). The molecule has 0 aliphatic carbocycles. The molecule has 0 saturated carbocycles. The number of hydrogen-bond acceptors (Lipinski definition) is 4. The van der Waals surface area contributed by atoms with Crippen LogP contribution in [0.1, 0.15) is 32.0 Å². The van der Waals surface area contributed by atoms with E-state index in [0.717, 1.165) is 52.4 Å². The number of fused-ring (bicyclic) bond motifs is 3. The van der Waals surface area contributed by atoms with Crippen LogP contribution in [0.3, 0.4) is 0 Å². The molecule has 1 N–H and O–H groups in total. The van der Waals surface area contributed by atoms with E-state index in [9.17, 15) is 4.79 Å². The third kappa shape index (κ3) is 4.12. The topological polar surface area (TPSA) is 51.8 Å². The van der Waals surface area contributed by atoms with Crippen LogP contribution < -0.4 is 0 Å². The summed E-state index contributed by atoms with van der Waals surface area (Å²) in [5.41, 5.74) is 3.65. The van der Waals surface area contributed by atoms with Crippen LogP contribution >= 0.6 is 0 Å². The average molecular weight is 370 g/mol. The first-order chi connectivity index (χ1) is 12.9. The lowest BCUT2D eigenvalue weighted by atomic mass is 10.0. The maximum atomic E-state index is 12.2. The molecule has 2 aromatic rings. The van der Waals surface area contributed by atoms with Crippen molar-refractivity contribution in [2.24, 2.45) is 0 Å². The number of rotatable bonds is 2. The molecule has 6 heteroatoms. The van der Waals surface area contributed by atoms with Crippen molar-refractivity contribution in [1.29, 1.82) is 0 Å². The number of para-hydroxylation sites is 1. The Morgan fingerprint density at radius 2 is 1.81 bits per heavy atom. The third-order valence-corrected chi connectivity index (χ3v) is 5.39. The van der Waals surface area contributed by atoms with Gasteiger partial charge in [0.05, 0.1) is 6.67 Å². The SMILES string of the molecule is CC(C)(C)OC(=O)N1CCN(CN2CCc3c([nH]c4ccccc34)C2)CC1. The van der Waals surface area contributed by atoms with Gasteiger partial charge in [0.25, 0.3) is 0 Å². The maximum Gasteiger partial charge on any atom is 0.410 e. The number of nitrogens with one attached hydrogen (secondary N) is 1. The molecule has 1 fully saturated rings. The Morgan fingerprint density at radius 3 is 2.56 bits per heavy atom. The standard InChI is InChI=1S/C21H30N4O2/c1-21(2,3)27-20(26)25-12-10-23(11-13-25)15-24-9-8-17-16-6-4-5-7-18(16)22-19(17)14-24/h4-7,22H,8-15H2,1-3H3. The number of H-pyrrole nitrogens is 1. The van der Waals surface area contributed by atoms with E-state index in [1.165, 1.54) is 22.2 Å². The van der Waals surface area contributed by atoms with Crippen molar-refractivity contribution in [3.05, 3.63) is 35.5 Å². The van der Waals surface area contributed by atoms with Gasteiger partial charge in [-0.05, 0) is 38.8 Å². The molecule has 1 aromatic carbocycles. The van der Waals surface area contributed by atoms with Crippen molar-refractivity contribution in [2.45, 2.75) is 39.3 Å². The highest BCUT2D eigenvalue weighted by atomic mass is 16.6. The summed E-state index contributed by atoms with van der Waals surface area (Å²) in [6, 6.07) is 8.59. The molecule has 2 aliphatic heterocycles. The van der Waals surface area contributed by atoms with Crippen LogP contribution in [0.15, 0.2) is 24.3 Å². The Kier molecular flexibility index (Phi) is 4.86. The molecule has 2 aliphatic rings. The fourth-order valence-electron chi connectivity index (χ4n) is 4.05. The van der Waals surface area contributed by atoms with Gasteiger partial charge in [-0.1, -0.05) is 18.2 Å². The minimum Gasteiger partial charge on any atom is -0.444 e. The number of hydrogen-bond donors (Lipinski definition) is 1. The van der Waals surface area contributed by atoms with Gasteiger partial charge in [0, 0.05) is 55.9 Å². The number of amides is 1. The summed E-state index contributed by atoms with van der Waals surface area (Å²) < 4.78 is 5.48. The number of carbonyl (C=O) groups excluding carboxylic acids is 1. The fourth-order valence-corrected chi connectivity index (χ4v) is 4.05. The summed E-state index contributed by atoms with van der Waals surface area (Å²) in [5.74, 6) is 0. The summed E-state index contributed by atoms with van der Waals surface area (Å²) >= 11 is 0. The third-order valence-electron chi connectivity index (χ3n) is 5.39. The van der Waals surface area contributed by atoms with E-state index in [-0.39, 0.29) is 6.09 Å². The molecule has 146 valence electrons. The van der Waals surface area contributed by atoms with E-state index < -0.39 is 5.60 Å². The molecule has 0 radical (unpaired) electrons. The Morgan fingerprint density at radius 1 is 1.07 bits per heavy atom. The largest absolute Gasteiger partial charge is 0.444 e. The fraction of sp³-hybridized carbons (Fsp3) is 0.571. The minimum absolute atomic E-state index is 0.192. The lowest BCUT2D eigenvalue weighted by Gasteiger charge is -2.38. The minimum atomic E-state index is -0.431. The van der Waals surface area contributed by atoms with Gasteiger partial charge < -0.3 is 14.6 Å². The molecule has 6 nitrogen and oxygen atoms in total. The summed E-state index contributed by atoms with van der Waals surface area (Å²) in [5, 5.41) is 1.37. The summed E-state index contributed by atoms with van der Waals surface area (Å²) in [4.78, 5) is 22.6. The first kappa shape index (κ1) is 18.3. The van der Waals surface area contributed by atoms with Gasteiger partial charge in [0.15, 0.2) is 0 Å². The van der Waals surface area contributed by atoms with Crippen LogP contribution in [0.2, 0.25) is 0 Å². The van der Waals surface area contributed by atoms with E-state index in [1.54, 1.807) is 0 Å². The van der Waals surface area contributed by atoms with Crippen molar-refractivity contribution < 1.29 is 9.53 Å². The van der Waals surface area contributed by atoms with E-state index in [0.29, 0.717) is 0 Å². The van der Waals surface area contributed by atoms with Gasteiger partial charge in [-0.3, -0.25) is 9.80 Å². The molecule has 0 atom stereocenters. The zero-order chi connectivity index (χ0) is 19.0. The van der Waals surface area contributed by atoms with Crippen LogP contribution in [0.5, 0.6) is 0 Å². The Labute approximate surface area is 161 Å². The van der Waals surface area contributed by atoms with Gasteiger partial charge in [-0.15, -0.1) is 0 Å². The number of aromatic amines is 1. The second-order valence-corrected chi connectivity index (χ2v) is 8.66. The van der Waals surface area contributed by atoms with E-state index in [2.05, 4.69) is 39.0 Å². The molecular formula is C21H30N4O2. The van der Waals surface area contributed by atoms with Crippen molar-refractivity contribution in [1.82, 2.24) is 19.7 Å². The zero-order valence-electron chi connectivity index (χ0n) is 16.6. The van der Waals surface area contributed by atoms with E-state index >= 15 is 0 Å². The summed E-state index contributed by atoms with van der Waals surface area (Å²) in [6.45, 7) is 12.0. The smallest absolute Gasteiger partial charge is 0.410 e. The second-order valence-electron chi connectivity index (χ2n) is 8.66. The van der Waals surface area contributed by atoms with Crippen molar-refractivity contribution in [3.63, 3.8) is 0 Å². The van der Waals surface area contributed by atoms with Gasteiger partial charge >= 0.3 is 6.09 Å². The van der Waals surface area contributed by atoms with Gasteiger partial charge in [0.2, 0.25) is 0 Å². The normalized spacial score (nSPS) is 19.3. The molecule has 0 spiro atoms. The lowest BCUT2D eigenvalue weighted by Crippen LogP contribution is -2.52. The number of carbonyl (C=O) groups is 1. The number of nitrogens with zero attached hydrogens (tertiary/aromatic N) is 3. The van der Waals surface area contributed by atoms with Crippen molar-refractivity contribution in [3.8, 4) is 0 Å². The van der Waals surface area contributed by atoms with Crippen molar-refractivity contribution >= 4 is 17.0 Å². The lowest BCUT2D eigenvalue weighted by molar-refractivity contribution is 0.00780.